The summed E-state index contributed by atoms with van der Waals surface area (Å²) in [5.41, 5.74) is 0. The van der Waals surface area contributed by atoms with Gasteiger partial charge in [-0.15, -0.1) is 0 Å². The highest BCUT2D eigenvalue weighted by molar-refractivity contribution is 5.82. The molecule has 2 aliphatic heterocycles. The van der Waals surface area contributed by atoms with Gasteiger partial charge >= 0.3 is 5.97 Å². The summed E-state index contributed by atoms with van der Waals surface area (Å²) >= 11 is 0. The van der Waals surface area contributed by atoms with Gasteiger partial charge in [-0.25, -0.2) is 4.79 Å². The summed E-state index contributed by atoms with van der Waals surface area (Å²) < 4.78 is 10.4. The first-order valence-electron chi connectivity index (χ1n) is 6.40. The minimum Gasteiger partial charge on any atom is -0.479 e. The second-order valence-electron chi connectivity index (χ2n) is 4.84. The van der Waals surface area contributed by atoms with Crippen molar-refractivity contribution in [2.45, 2.75) is 37.9 Å². The number of carboxylic acid groups (broad SMARTS) is 1. The zero-order valence-electron chi connectivity index (χ0n) is 10.3. The quantitative estimate of drug-likeness (QED) is 0.733. The third kappa shape index (κ3) is 3.43. The normalized spacial score (nSPS) is 31.4. The molecule has 102 valence electrons. The van der Waals surface area contributed by atoms with E-state index in [1.54, 1.807) is 0 Å². The molecule has 2 rings (SSSR count). The number of nitrogens with one attached hydrogen (secondary N) is 1. The maximum absolute atomic E-state index is 11.7. The molecule has 0 bridgehead atoms. The molecule has 18 heavy (non-hydrogen) atoms. The number of carboxylic acids is 1. The molecule has 0 aromatic rings. The van der Waals surface area contributed by atoms with Crippen molar-refractivity contribution < 1.29 is 24.2 Å². The molecule has 2 aliphatic rings. The minimum atomic E-state index is -0.992. The first-order chi connectivity index (χ1) is 8.66. The van der Waals surface area contributed by atoms with Gasteiger partial charge in [0.2, 0.25) is 5.91 Å². The summed E-state index contributed by atoms with van der Waals surface area (Å²) in [7, 11) is 0. The lowest BCUT2D eigenvalue weighted by molar-refractivity contribution is -0.151. The van der Waals surface area contributed by atoms with Gasteiger partial charge in [0.15, 0.2) is 6.10 Å². The van der Waals surface area contributed by atoms with E-state index in [9.17, 15) is 9.59 Å². The van der Waals surface area contributed by atoms with E-state index in [1.807, 2.05) is 0 Å². The fraction of sp³-hybridized carbons (Fsp3) is 0.833. The number of amides is 1. The number of carbonyl (C=O) groups excluding carboxylic acids is 1. The van der Waals surface area contributed by atoms with Crippen molar-refractivity contribution in [1.29, 1.82) is 0 Å². The number of hydrogen-bond acceptors (Lipinski definition) is 4. The Morgan fingerprint density at radius 3 is 2.61 bits per heavy atom. The van der Waals surface area contributed by atoms with E-state index in [0.717, 1.165) is 26.1 Å². The van der Waals surface area contributed by atoms with Crippen LogP contribution in [0.3, 0.4) is 0 Å². The molecule has 6 heteroatoms. The van der Waals surface area contributed by atoms with Crippen LogP contribution in [-0.2, 0) is 19.1 Å². The fourth-order valence-corrected chi connectivity index (χ4v) is 2.34. The zero-order valence-corrected chi connectivity index (χ0v) is 10.3. The van der Waals surface area contributed by atoms with Crippen LogP contribution in [0.5, 0.6) is 0 Å². The van der Waals surface area contributed by atoms with Crippen LogP contribution in [0.1, 0.15) is 25.7 Å². The smallest absolute Gasteiger partial charge is 0.332 e. The average Bonchev–Trinajstić information content (AvgIpc) is 2.99. The Labute approximate surface area is 106 Å². The van der Waals surface area contributed by atoms with Crippen LogP contribution >= 0.6 is 0 Å². The van der Waals surface area contributed by atoms with E-state index in [4.69, 9.17) is 14.6 Å². The van der Waals surface area contributed by atoms with E-state index in [0.29, 0.717) is 25.3 Å². The lowest BCUT2D eigenvalue weighted by Crippen LogP contribution is -2.36. The molecule has 2 saturated heterocycles. The van der Waals surface area contributed by atoms with Gasteiger partial charge in [-0.05, 0) is 31.6 Å². The van der Waals surface area contributed by atoms with E-state index >= 15 is 0 Å². The second-order valence-corrected chi connectivity index (χ2v) is 4.84. The monoisotopic (exact) mass is 257 g/mol. The summed E-state index contributed by atoms with van der Waals surface area (Å²) in [4.78, 5) is 22.4. The standard InChI is InChI=1S/C12H19NO5/c14-11(9-1-2-10(18-9)12(15)16)13-5-3-8-4-6-17-7-8/h8-10H,1-7H2,(H,13,14)(H,15,16). The molecule has 2 heterocycles. The minimum absolute atomic E-state index is 0.197. The van der Waals surface area contributed by atoms with Crippen molar-refractivity contribution in [1.82, 2.24) is 5.32 Å². The summed E-state index contributed by atoms with van der Waals surface area (Å²) in [6.07, 6.45) is 1.41. The third-order valence-corrected chi connectivity index (χ3v) is 3.46. The van der Waals surface area contributed by atoms with Gasteiger partial charge in [-0.1, -0.05) is 0 Å². The SMILES string of the molecule is O=C(O)C1CCC(C(=O)NCCC2CCOC2)O1. The molecule has 0 spiro atoms. The number of ether oxygens (including phenoxy) is 2. The Hall–Kier alpha value is -1.14. The van der Waals surface area contributed by atoms with Gasteiger partial charge in [0.05, 0.1) is 0 Å². The van der Waals surface area contributed by atoms with Crippen molar-refractivity contribution in [3.05, 3.63) is 0 Å². The van der Waals surface area contributed by atoms with Crippen LogP contribution in [0.25, 0.3) is 0 Å². The summed E-state index contributed by atoms with van der Waals surface area (Å²) in [6.45, 7) is 2.19. The van der Waals surface area contributed by atoms with Gasteiger partial charge in [0.1, 0.15) is 6.10 Å². The average molecular weight is 257 g/mol. The maximum Gasteiger partial charge on any atom is 0.332 e. The fourth-order valence-electron chi connectivity index (χ4n) is 2.34. The summed E-state index contributed by atoms with van der Waals surface area (Å²) in [5, 5.41) is 11.6. The molecule has 0 aliphatic carbocycles. The molecule has 0 saturated carbocycles. The van der Waals surface area contributed by atoms with Gasteiger partial charge in [-0.3, -0.25) is 4.79 Å². The molecule has 0 aromatic carbocycles. The molecular formula is C12H19NO5. The Bertz CT molecular complexity index is 314. The van der Waals surface area contributed by atoms with Crippen LogP contribution in [-0.4, -0.2) is 48.9 Å². The zero-order chi connectivity index (χ0) is 13.0. The third-order valence-electron chi connectivity index (χ3n) is 3.46. The van der Waals surface area contributed by atoms with Crippen LogP contribution in [0.4, 0.5) is 0 Å². The molecule has 0 aromatic heterocycles. The van der Waals surface area contributed by atoms with Gasteiger partial charge in [-0.2, -0.15) is 0 Å². The Morgan fingerprint density at radius 1 is 1.22 bits per heavy atom. The van der Waals surface area contributed by atoms with Gasteiger partial charge in [0.25, 0.3) is 0 Å². The van der Waals surface area contributed by atoms with Crippen molar-refractivity contribution in [3.8, 4) is 0 Å². The van der Waals surface area contributed by atoms with Crippen LogP contribution in [0.2, 0.25) is 0 Å². The van der Waals surface area contributed by atoms with Crippen molar-refractivity contribution >= 4 is 11.9 Å². The van der Waals surface area contributed by atoms with Crippen LogP contribution < -0.4 is 5.32 Å². The van der Waals surface area contributed by atoms with Gasteiger partial charge < -0.3 is 19.9 Å². The highest BCUT2D eigenvalue weighted by Crippen LogP contribution is 2.20. The topological polar surface area (TPSA) is 84.9 Å². The number of aliphatic carboxylic acids is 1. The maximum atomic E-state index is 11.7. The highest BCUT2D eigenvalue weighted by Gasteiger charge is 2.34. The molecule has 0 radical (unpaired) electrons. The van der Waals surface area contributed by atoms with E-state index in [1.165, 1.54) is 0 Å². The second kappa shape index (κ2) is 6.15. The molecule has 2 fully saturated rings. The van der Waals surface area contributed by atoms with Crippen molar-refractivity contribution in [2.75, 3.05) is 19.8 Å². The Morgan fingerprint density at radius 2 is 2.00 bits per heavy atom. The Kier molecular flexibility index (Phi) is 4.54. The highest BCUT2D eigenvalue weighted by atomic mass is 16.5. The van der Waals surface area contributed by atoms with E-state index in [2.05, 4.69) is 5.32 Å². The van der Waals surface area contributed by atoms with Crippen molar-refractivity contribution in [3.63, 3.8) is 0 Å². The predicted octanol–water partition coefficient (Wildman–Crippen LogP) is 0.161. The largest absolute Gasteiger partial charge is 0.479 e. The van der Waals surface area contributed by atoms with E-state index < -0.39 is 18.2 Å². The first kappa shape index (κ1) is 13.3. The first-order valence-corrected chi connectivity index (χ1v) is 6.40. The summed E-state index contributed by atoms with van der Waals surface area (Å²) in [5.74, 6) is -0.660. The van der Waals surface area contributed by atoms with Crippen LogP contribution in [0.15, 0.2) is 0 Å². The van der Waals surface area contributed by atoms with E-state index in [-0.39, 0.29) is 5.91 Å². The molecule has 3 unspecified atom stereocenters. The molecule has 6 nitrogen and oxygen atoms in total. The van der Waals surface area contributed by atoms with Crippen LogP contribution in [0, 0.1) is 5.92 Å². The molecule has 3 atom stereocenters. The molecule has 2 N–H and O–H groups in total. The van der Waals surface area contributed by atoms with Crippen molar-refractivity contribution in [2.24, 2.45) is 5.92 Å². The number of carbonyl (C=O) groups is 2. The summed E-state index contributed by atoms with van der Waals surface area (Å²) in [6, 6.07) is 0. The molecular weight excluding hydrogens is 238 g/mol. The number of rotatable bonds is 5. The Balaban J connectivity index is 1.64. The lowest BCUT2D eigenvalue weighted by Gasteiger charge is -2.13. The predicted molar refractivity (Wildman–Crippen MR) is 62.1 cm³/mol. The molecule has 1 amide bonds. The number of hydrogen-bond donors (Lipinski definition) is 2. The lowest BCUT2D eigenvalue weighted by atomic mass is 10.1. The van der Waals surface area contributed by atoms with Gasteiger partial charge in [0, 0.05) is 19.8 Å².